The highest BCUT2D eigenvalue weighted by Crippen LogP contribution is 2.68. The average molecular weight is 250 g/mol. The Bertz CT molecular complexity index is 561. The molecule has 0 radical (unpaired) electrons. The zero-order valence-electron chi connectivity index (χ0n) is 11.4. The second-order valence-corrected chi connectivity index (χ2v) is 5.70. The van der Waals surface area contributed by atoms with Crippen molar-refractivity contribution >= 4 is 5.78 Å². The Kier molecular flexibility index (Phi) is 2.60. The first-order chi connectivity index (χ1) is 9.11. The summed E-state index contributed by atoms with van der Waals surface area (Å²) in [5.74, 6) is 0.278. The minimum absolute atomic E-state index is 0.138. The molecule has 1 nitrogen and oxygen atoms in total. The third-order valence-electron chi connectivity index (χ3n) is 4.75. The van der Waals surface area contributed by atoms with Crippen LogP contribution >= 0.6 is 0 Å². The molecule has 0 aliphatic heterocycles. The van der Waals surface area contributed by atoms with Crippen molar-refractivity contribution in [1.82, 2.24) is 0 Å². The molecule has 2 aromatic rings. The van der Waals surface area contributed by atoms with Crippen molar-refractivity contribution in [3.05, 3.63) is 71.8 Å². The van der Waals surface area contributed by atoms with Gasteiger partial charge in [0.25, 0.3) is 0 Å². The van der Waals surface area contributed by atoms with Crippen LogP contribution in [-0.4, -0.2) is 5.78 Å². The number of Topliss-reactive ketones (excluding diaryl/α,β-unsaturated/α-hetero) is 1. The van der Waals surface area contributed by atoms with Gasteiger partial charge in [-0.2, -0.15) is 0 Å². The van der Waals surface area contributed by atoms with Crippen LogP contribution in [0.5, 0.6) is 0 Å². The van der Waals surface area contributed by atoms with E-state index in [1.165, 1.54) is 11.1 Å². The number of carbonyl (C=O) groups excluding carboxylic acids is 1. The third kappa shape index (κ3) is 1.58. The van der Waals surface area contributed by atoms with E-state index >= 15 is 0 Å². The van der Waals surface area contributed by atoms with Gasteiger partial charge in [-0.15, -0.1) is 0 Å². The second kappa shape index (κ2) is 4.06. The zero-order chi connectivity index (χ0) is 13.5. The van der Waals surface area contributed by atoms with E-state index in [0.29, 0.717) is 0 Å². The molecule has 1 aliphatic carbocycles. The molecule has 0 bridgehead atoms. The van der Waals surface area contributed by atoms with Gasteiger partial charge in [-0.1, -0.05) is 67.6 Å². The normalized spacial score (nSPS) is 23.9. The van der Waals surface area contributed by atoms with Crippen molar-refractivity contribution in [3.63, 3.8) is 0 Å². The fraction of sp³-hybridized carbons (Fsp3) is 0.278. The number of hydrogen-bond acceptors (Lipinski definition) is 1. The van der Waals surface area contributed by atoms with Gasteiger partial charge in [-0.3, -0.25) is 4.79 Å². The summed E-state index contributed by atoms with van der Waals surface area (Å²) in [6, 6.07) is 20.8. The van der Waals surface area contributed by atoms with Gasteiger partial charge in [0.1, 0.15) is 5.78 Å². The van der Waals surface area contributed by atoms with Crippen LogP contribution in [0.3, 0.4) is 0 Å². The highest BCUT2D eigenvalue weighted by molar-refractivity contribution is 5.90. The van der Waals surface area contributed by atoms with Gasteiger partial charge in [-0.25, -0.2) is 0 Å². The zero-order valence-corrected chi connectivity index (χ0v) is 11.4. The molecular formula is C18H18O. The third-order valence-corrected chi connectivity index (χ3v) is 4.75. The van der Waals surface area contributed by atoms with E-state index in [1.54, 1.807) is 6.92 Å². The Morgan fingerprint density at radius 3 is 1.63 bits per heavy atom. The molecule has 1 fully saturated rings. The first kappa shape index (κ1) is 12.2. The topological polar surface area (TPSA) is 17.1 Å². The maximum Gasteiger partial charge on any atom is 0.136 e. The van der Waals surface area contributed by atoms with Gasteiger partial charge >= 0.3 is 0 Å². The average Bonchev–Trinajstić information content (AvgIpc) is 3.10. The molecule has 1 unspecified atom stereocenters. The lowest BCUT2D eigenvalue weighted by atomic mass is 9.79. The SMILES string of the molecule is CC(=O)C1(C)CC1(c1ccccc1)c1ccccc1. The summed E-state index contributed by atoms with van der Waals surface area (Å²) in [5, 5.41) is 0. The van der Waals surface area contributed by atoms with Crippen LogP contribution in [-0.2, 0) is 10.2 Å². The largest absolute Gasteiger partial charge is 0.299 e. The predicted octanol–water partition coefficient (Wildman–Crippen LogP) is 3.97. The first-order valence-corrected chi connectivity index (χ1v) is 6.73. The minimum Gasteiger partial charge on any atom is -0.299 e. The summed E-state index contributed by atoms with van der Waals surface area (Å²) >= 11 is 0. The van der Waals surface area contributed by atoms with Gasteiger partial charge < -0.3 is 0 Å². The van der Waals surface area contributed by atoms with E-state index in [0.717, 1.165) is 6.42 Å². The molecule has 3 rings (SSSR count). The van der Waals surface area contributed by atoms with E-state index < -0.39 is 0 Å². The van der Waals surface area contributed by atoms with Crippen LogP contribution < -0.4 is 0 Å². The maximum absolute atomic E-state index is 12.1. The van der Waals surface area contributed by atoms with E-state index in [4.69, 9.17) is 0 Å². The van der Waals surface area contributed by atoms with Gasteiger partial charge in [-0.05, 0) is 24.5 Å². The lowest BCUT2D eigenvalue weighted by molar-refractivity contribution is -0.121. The fourth-order valence-electron chi connectivity index (χ4n) is 3.36. The van der Waals surface area contributed by atoms with Gasteiger partial charge in [0.2, 0.25) is 0 Å². The van der Waals surface area contributed by atoms with Crippen LogP contribution in [0.25, 0.3) is 0 Å². The molecule has 96 valence electrons. The Morgan fingerprint density at radius 2 is 1.32 bits per heavy atom. The van der Waals surface area contributed by atoms with Crippen molar-refractivity contribution in [2.45, 2.75) is 25.7 Å². The molecule has 2 aromatic carbocycles. The van der Waals surface area contributed by atoms with E-state index in [2.05, 4.69) is 55.5 Å². The summed E-state index contributed by atoms with van der Waals surface area (Å²) in [7, 11) is 0. The number of hydrogen-bond donors (Lipinski definition) is 0. The lowest BCUT2D eigenvalue weighted by Crippen LogP contribution is -2.23. The van der Waals surface area contributed by atoms with Crippen LogP contribution in [0.4, 0.5) is 0 Å². The van der Waals surface area contributed by atoms with Crippen LogP contribution in [0.1, 0.15) is 31.4 Å². The van der Waals surface area contributed by atoms with Gasteiger partial charge in [0.15, 0.2) is 0 Å². The van der Waals surface area contributed by atoms with Crippen molar-refractivity contribution in [1.29, 1.82) is 0 Å². The van der Waals surface area contributed by atoms with Crippen LogP contribution in [0, 0.1) is 5.41 Å². The van der Waals surface area contributed by atoms with E-state index in [-0.39, 0.29) is 16.6 Å². The van der Waals surface area contributed by atoms with Crippen molar-refractivity contribution in [2.75, 3.05) is 0 Å². The summed E-state index contributed by atoms with van der Waals surface area (Å²) in [6.45, 7) is 3.81. The number of carbonyl (C=O) groups is 1. The molecule has 1 saturated carbocycles. The van der Waals surface area contributed by atoms with Crippen LogP contribution in [0.2, 0.25) is 0 Å². The second-order valence-electron chi connectivity index (χ2n) is 5.70. The molecule has 1 aliphatic rings. The molecule has 0 saturated heterocycles. The number of ketones is 1. The Labute approximate surface area is 114 Å². The monoisotopic (exact) mass is 250 g/mol. The summed E-state index contributed by atoms with van der Waals surface area (Å²) in [5.41, 5.74) is 2.09. The summed E-state index contributed by atoms with van der Waals surface area (Å²) in [6.07, 6.45) is 0.906. The molecule has 0 amide bonds. The predicted molar refractivity (Wildman–Crippen MR) is 77.1 cm³/mol. The first-order valence-electron chi connectivity index (χ1n) is 6.73. The molecule has 0 N–H and O–H groups in total. The molecule has 1 atom stereocenters. The summed E-state index contributed by atoms with van der Waals surface area (Å²) < 4.78 is 0. The fourth-order valence-corrected chi connectivity index (χ4v) is 3.36. The standard InChI is InChI=1S/C18H18O/c1-14(19)17(2)13-18(17,15-9-5-3-6-10-15)16-11-7-4-8-12-16/h3-12H,13H2,1-2H3. The van der Waals surface area contributed by atoms with Crippen molar-refractivity contribution in [3.8, 4) is 0 Å². The summed E-state index contributed by atoms with van der Waals surface area (Å²) in [4.78, 5) is 12.1. The minimum atomic E-state index is -0.268. The quantitative estimate of drug-likeness (QED) is 0.805. The molecule has 19 heavy (non-hydrogen) atoms. The van der Waals surface area contributed by atoms with Gasteiger partial charge in [0.05, 0.1) is 0 Å². The van der Waals surface area contributed by atoms with Crippen molar-refractivity contribution < 1.29 is 4.79 Å². The number of benzene rings is 2. The van der Waals surface area contributed by atoms with Gasteiger partial charge in [0, 0.05) is 10.8 Å². The molecule has 0 aromatic heterocycles. The molecule has 0 heterocycles. The molecular weight excluding hydrogens is 232 g/mol. The molecule has 1 heteroatoms. The Balaban J connectivity index is 2.18. The van der Waals surface area contributed by atoms with E-state index in [9.17, 15) is 4.79 Å². The Morgan fingerprint density at radius 1 is 0.895 bits per heavy atom. The smallest absolute Gasteiger partial charge is 0.136 e. The lowest BCUT2D eigenvalue weighted by Gasteiger charge is -2.22. The molecule has 0 spiro atoms. The highest BCUT2D eigenvalue weighted by Gasteiger charge is 2.68. The maximum atomic E-state index is 12.1. The van der Waals surface area contributed by atoms with Crippen molar-refractivity contribution in [2.24, 2.45) is 5.41 Å². The number of rotatable bonds is 3. The Hall–Kier alpha value is -1.89. The highest BCUT2D eigenvalue weighted by atomic mass is 16.1. The van der Waals surface area contributed by atoms with Crippen LogP contribution in [0.15, 0.2) is 60.7 Å². The van der Waals surface area contributed by atoms with E-state index in [1.807, 2.05) is 12.1 Å².